The van der Waals surface area contributed by atoms with Crippen molar-refractivity contribution in [2.45, 2.75) is 11.4 Å². The third-order valence-electron chi connectivity index (χ3n) is 2.36. The molecular formula is C11H12ClNOS. The van der Waals surface area contributed by atoms with E-state index in [2.05, 4.69) is 5.32 Å². The Morgan fingerprint density at radius 1 is 1.33 bits per heavy atom. The number of nitrogens with one attached hydrogen (secondary N) is 1. The minimum atomic E-state index is -0.0336. The first kappa shape index (κ1) is 10.8. The molecule has 0 aromatic heterocycles. The zero-order chi connectivity index (χ0) is 10.7. The predicted octanol–water partition coefficient (Wildman–Crippen LogP) is 2.14. The summed E-state index contributed by atoms with van der Waals surface area (Å²) in [5, 5.41) is 3.01. The molecule has 2 unspecified atom stereocenters. The molecule has 1 fully saturated rings. The van der Waals surface area contributed by atoms with E-state index in [-0.39, 0.29) is 17.3 Å². The van der Waals surface area contributed by atoms with Gasteiger partial charge in [0.1, 0.15) is 0 Å². The summed E-state index contributed by atoms with van der Waals surface area (Å²) in [7, 11) is 0. The van der Waals surface area contributed by atoms with E-state index in [1.807, 2.05) is 18.2 Å². The van der Waals surface area contributed by atoms with Crippen molar-refractivity contribution in [3.8, 4) is 0 Å². The predicted molar refractivity (Wildman–Crippen MR) is 64.7 cm³/mol. The van der Waals surface area contributed by atoms with Gasteiger partial charge < -0.3 is 5.32 Å². The Kier molecular flexibility index (Phi) is 3.54. The molecule has 2 rings (SSSR count). The first-order valence-electron chi connectivity index (χ1n) is 4.85. The molecule has 1 amide bonds. The van der Waals surface area contributed by atoms with Crippen LogP contribution >= 0.6 is 23.4 Å². The normalized spacial score (nSPS) is 25.1. The smallest absolute Gasteiger partial charge is 0.251 e. The summed E-state index contributed by atoms with van der Waals surface area (Å²) in [6.45, 7) is 0. The summed E-state index contributed by atoms with van der Waals surface area (Å²) < 4.78 is 0. The van der Waals surface area contributed by atoms with Gasteiger partial charge in [0.15, 0.2) is 0 Å². The van der Waals surface area contributed by atoms with E-state index in [0.717, 1.165) is 11.5 Å². The molecule has 4 heteroatoms. The van der Waals surface area contributed by atoms with E-state index in [0.29, 0.717) is 5.56 Å². The second kappa shape index (κ2) is 4.90. The molecule has 2 atom stereocenters. The van der Waals surface area contributed by atoms with Crippen LogP contribution in [0.1, 0.15) is 10.4 Å². The SMILES string of the molecule is O=C(NC1CSCC1Cl)c1ccccc1. The fourth-order valence-electron chi connectivity index (χ4n) is 1.50. The monoisotopic (exact) mass is 241 g/mol. The molecule has 2 nitrogen and oxygen atoms in total. The molecule has 1 N–H and O–H groups in total. The average Bonchev–Trinajstić information content (AvgIpc) is 2.66. The topological polar surface area (TPSA) is 29.1 Å². The number of thioether (sulfide) groups is 1. The maximum absolute atomic E-state index is 11.8. The van der Waals surface area contributed by atoms with Gasteiger partial charge in [-0.2, -0.15) is 11.8 Å². The number of carbonyl (C=O) groups is 1. The lowest BCUT2D eigenvalue weighted by Crippen LogP contribution is -2.40. The minimum Gasteiger partial charge on any atom is -0.347 e. The standard InChI is InChI=1S/C11H12ClNOS/c12-9-6-15-7-10(9)13-11(14)8-4-2-1-3-5-8/h1-5,9-10H,6-7H2,(H,13,14). The Balaban J connectivity index is 1.98. The highest BCUT2D eigenvalue weighted by Crippen LogP contribution is 2.22. The van der Waals surface area contributed by atoms with Crippen molar-refractivity contribution < 1.29 is 4.79 Å². The van der Waals surface area contributed by atoms with Gasteiger partial charge in [-0.25, -0.2) is 0 Å². The van der Waals surface area contributed by atoms with E-state index in [1.54, 1.807) is 23.9 Å². The fraction of sp³-hybridized carbons (Fsp3) is 0.364. The van der Waals surface area contributed by atoms with Crippen LogP contribution in [-0.2, 0) is 0 Å². The zero-order valence-corrected chi connectivity index (χ0v) is 9.72. The Labute approximate surface area is 98.4 Å². The summed E-state index contributed by atoms with van der Waals surface area (Å²) >= 11 is 7.85. The van der Waals surface area contributed by atoms with Gasteiger partial charge in [-0.1, -0.05) is 18.2 Å². The number of carbonyl (C=O) groups excluding carboxylic acids is 1. The van der Waals surface area contributed by atoms with Gasteiger partial charge in [-0.15, -0.1) is 11.6 Å². The van der Waals surface area contributed by atoms with Gasteiger partial charge in [0.2, 0.25) is 0 Å². The number of rotatable bonds is 2. The molecule has 1 saturated heterocycles. The molecule has 0 radical (unpaired) electrons. The van der Waals surface area contributed by atoms with E-state index < -0.39 is 0 Å². The quantitative estimate of drug-likeness (QED) is 0.804. The van der Waals surface area contributed by atoms with E-state index in [1.165, 1.54) is 0 Å². The number of halogens is 1. The lowest BCUT2D eigenvalue weighted by Gasteiger charge is -2.14. The number of alkyl halides is 1. The lowest BCUT2D eigenvalue weighted by molar-refractivity contribution is 0.0941. The van der Waals surface area contributed by atoms with Crippen molar-refractivity contribution >= 4 is 29.3 Å². The summed E-state index contributed by atoms with van der Waals surface area (Å²) in [5.41, 5.74) is 0.693. The number of hydrogen-bond acceptors (Lipinski definition) is 2. The van der Waals surface area contributed by atoms with Crippen LogP contribution < -0.4 is 5.32 Å². The highest BCUT2D eigenvalue weighted by molar-refractivity contribution is 7.99. The maximum Gasteiger partial charge on any atom is 0.251 e. The summed E-state index contributed by atoms with van der Waals surface area (Å²) in [5.74, 6) is 1.79. The minimum absolute atomic E-state index is 0.0336. The molecule has 0 bridgehead atoms. The Hall–Kier alpha value is -0.670. The van der Waals surface area contributed by atoms with E-state index in [9.17, 15) is 4.79 Å². The lowest BCUT2D eigenvalue weighted by atomic mass is 10.2. The Bertz CT molecular complexity index is 344. The van der Waals surface area contributed by atoms with Crippen LogP contribution in [0.4, 0.5) is 0 Å². The van der Waals surface area contributed by atoms with Gasteiger partial charge in [-0.05, 0) is 12.1 Å². The molecule has 1 aliphatic rings. The van der Waals surface area contributed by atoms with Gasteiger partial charge in [0.05, 0.1) is 11.4 Å². The van der Waals surface area contributed by atoms with Crippen molar-refractivity contribution in [2.24, 2.45) is 0 Å². The molecule has 1 heterocycles. The molecule has 80 valence electrons. The second-order valence-corrected chi connectivity index (χ2v) is 5.13. The molecule has 0 saturated carbocycles. The van der Waals surface area contributed by atoms with Crippen molar-refractivity contribution in [3.63, 3.8) is 0 Å². The third kappa shape index (κ3) is 2.67. The van der Waals surface area contributed by atoms with Crippen molar-refractivity contribution in [1.29, 1.82) is 0 Å². The van der Waals surface area contributed by atoms with Crippen LogP contribution in [0.3, 0.4) is 0 Å². The highest BCUT2D eigenvalue weighted by atomic mass is 35.5. The molecular weight excluding hydrogens is 230 g/mol. The van der Waals surface area contributed by atoms with Gasteiger partial charge in [0, 0.05) is 17.1 Å². The van der Waals surface area contributed by atoms with Crippen LogP contribution in [0.5, 0.6) is 0 Å². The zero-order valence-electron chi connectivity index (χ0n) is 8.15. The van der Waals surface area contributed by atoms with Crippen LogP contribution in [-0.4, -0.2) is 28.8 Å². The average molecular weight is 242 g/mol. The fourth-order valence-corrected chi connectivity index (χ4v) is 3.19. The van der Waals surface area contributed by atoms with Crippen molar-refractivity contribution in [1.82, 2.24) is 5.32 Å². The highest BCUT2D eigenvalue weighted by Gasteiger charge is 2.27. The first-order chi connectivity index (χ1) is 7.27. The third-order valence-corrected chi connectivity index (χ3v) is 4.19. The first-order valence-corrected chi connectivity index (χ1v) is 6.44. The molecule has 0 spiro atoms. The number of amides is 1. The molecule has 0 aliphatic carbocycles. The van der Waals surface area contributed by atoms with Crippen molar-refractivity contribution in [2.75, 3.05) is 11.5 Å². The van der Waals surface area contributed by atoms with Gasteiger partial charge in [0.25, 0.3) is 5.91 Å². The van der Waals surface area contributed by atoms with Crippen molar-refractivity contribution in [3.05, 3.63) is 35.9 Å². The molecule has 1 aromatic carbocycles. The number of benzene rings is 1. The van der Waals surface area contributed by atoms with Crippen LogP contribution in [0.25, 0.3) is 0 Å². The van der Waals surface area contributed by atoms with Crippen LogP contribution in [0, 0.1) is 0 Å². The molecule has 1 aromatic rings. The summed E-state index contributed by atoms with van der Waals surface area (Å²) in [6.07, 6.45) is 0. The van der Waals surface area contributed by atoms with Crippen LogP contribution in [0.2, 0.25) is 0 Å². The van der Waals surface area contributed by atoms with Gasteiger partial charge >= 0.3 is 0 Å². The largest absolute Gasteiger partial charge is 0.347 e. The Morgan fingerprint density at radius 2 is 2.07 bits per heavy atom. The van der Waals surface area contributed by atoms with Gasteiger partial charge in [-0.3, -0.25) is 4.79 Å². The van der Waals surface area contributed by atoms with Crippen LogP contribution in [0.15, 0.2) is 30.3 Å². The second-order valence-electron chi connectivity index (χ2n) is 3.50. The van der Waals surface area contributed by atoms with E-state index >= 15 is 0 Å². The summed E-state index contributed by atoms with van der Waals surface area (Å²) in [4.78, 5) is 11.8. The van der Waals surface area contributed by atoms with E-state index in [4.69, 9.17) is 11.6 Å². The number of hydrogen-bond donors (Lipinski definition) is 1. The summed E-state index contributed by atoms with van der Waals surface area (Å²) in [6, 6.07) is 9.32. The molecule has 1 aliphatic heterocycles. The molecule has 15 heavy (non-hydrogen) atoms. The Morgan fingerprint density at radius 3 is 2.67 bits per heavy atom. The maximum atomic E-state index is 11.8.